The molecule has 7 atom stereocenters. The van der Waals surface area contributed by atoms with Gasteiger partial charge in [0.2, 0.25) is 0 Å². The van der Waals surface area contributed by atoms with E-state index in [0.29, 0.717) is 0 Å². The number of carbonyl (C=O) groups excluding carboxylic acids is 1. The summed E-state index contributed by atoms with van der Waals surface area (Å²) in [6.07, 6.45) is 21.6. The van der Waals surface area contributed by atoms with Crippen molar-refractivity contribution in [1.82, 2.24) is 0 Å². The molecule has 10 nitrogen and oxygen atoms in total. The van der Waals surface area contributed by atoms with Crippen LogP contribution < -0.4 is 0 Å². The number of hydrogen-bond acceptors (Lipinski definition) is 8. The van der Waals surface area contributed by atoms with Gasteiger partial charge in [0.1, 0.15) is 6.61 Å². The minimum atomic E-state index is -5.07. The van der Waals surface area contributed by atoms with Crippen LogP contribution in [-0.2, 0) is 36.8 Å². The van der Waals surface area contributed by atoms with E-state index in [1.807, 2.05) is 20.8 Å². The maximum Gasteiger partial charge on any atom is 0.483 e. The number of hydrogen-bond donors (Lipinski definition) is 2. The van der Waals surface area contributed by atoms with Gasteiger partial charge in [0.05, 0.1) is 12.7 Å². The van der Waals surface area contributed by atoms with Crippen LogP contribution in [0.5, 0.6) is 0 Å². The molecule has 1 fully saturated rings. The van der Waals surface area contributed by atoms with Crippen LogP contribution in [0.1, 0.15) is 140 Å². The summed E-state index contributed by atoms with van der Waals surface area (Å²) in [6, 6.07) is 0. The molecule has 1 rings (SSSR count). The second kappa shape index (κ2) is 25.3. The van der Waals surface area contributed by atoms with E-state index in [9.17, 15) is 23.7 Å². The molecule has 12 heteroatoms. The summed E-state index contributed by atoms with van der Waals surface area (Å²) in [5, 5.41) is 0. The highest BCUT2D eigenvalue weighted by Gasteiger charge is 2.45. The van der Waals surface area contributed by atoms with Crippen molar-refractivity contribution in [2.75, 3.05) is 13.2 Å². The van der Waals surface area contributed by atoms with Crippen LogP contribution in [0.2, 0.25) is 0 Å². The third kappa shape index (κ3) is 23.0. The maximum atomic E-state index is 12.7. The van der Waals surface area contributed by atoms with Crippen molar-refractivity contribution in [1.29, 1.82) is 0 Å². The van der Waals surface area contributed by atoms with E-state index in [-0.39, 0.29) is 31.0 Å². The van der Waals surface area contributed by atoms with Crippen LogP contribution in [0.25, 0.3) is 0 Å². The molecule has 2 N–H and O–H groups in total. The van der Waals surface area contributed by atoms with Gasteiger partial charge in [-0.15, -0.1) is 0 Å². The van der Waals surface area contributed by atoms with Crippen molar-refractivity contribution < 1.29 is 46.5 Å². The average Bonchev–Trinajstić information content (AvgIpc) is 3.03. The SMILES string of the molecule is CC(=O)OCC1O[C@H](OP(=O)(O)OP(=O)(O)OC/C=C(/C)CC/C=C(/C)CC/C=C(/C)CC/C=C(/C)CC/C=C(\C)CCC=C(C)C)C(C)[C@@H](C)[C@@H]1C. The zero-order valence-corrected chi connectivity index (χ0v) is 36.2. The predicted molar refractivity (Wildman–Crippen MR) is 215 cm³/mol. The minimum absolute atomic E-state index is 0.0398. The molecule has 0 aromatic heterocycles. The molecule has 1 aliphatic rings. The highest BCUT2D eigenvalue weighted by atomic mass is 31.3. The fraction of sp³-hybridized carbons (Fsp3) is 0.683. The summed E-state index contributed by atoms with van der Waals surface area (Å²) >= 11 is 0. The van der Waals surface area contributed by atoms with Crippen molar-refractivity contribution >= 4 is 21.6 Å². The normalized spacial score (nSPS) is 24.4. The Hall–Kier alpha value is -1.87. The molecule has 1 heterocycles. The van der Waals surface area contributed by atoms with E-state index in [0.717, 1.165) is 69.8 Å². The Morgan fingerprint density at radius 2 is 1.02 bits per heavy atom. The molecule has 0 aliphatic carbocycles. The van der Waals surface area contributed by atoms with Crippen molar-refractivity contribution in [2.45, 2.75) is 153 Å². The van der Waals surface area contributed by atoms with E-state index in [4.69, 9.17) is 18.5 Å². The average molecular weight is 785 g/mol. The number of ether oxygens (including phenoxy) is 2. The van der Waals surface area contributed by atoms with Crippen LogP contribution in [-0.4, -0.2) is 41.4 Å². The van der Waals surface area contributed by atoms with Gasteiger partial charge < -0.3 is 19.3 Å². The maximum absolute atomic E-state index is 12.7. The van der Waals surface area contributed by atoms with Crippen LogP contribution in [0, 0.1) is 17.8 Å². The Bertz CT molecular complexity index is 1420. The Balaban J connectivity index is 2.43. The van der Waals surface area contributed by atoms with Gasteiger partial charge in [-0.05, 0) is 125 Å². The second-order valence-electron chi connectivity index (χ2n) is 15.1. The first-order chi connectivity index (χ1) is 24.7. The number of esters is 1. The Morgan fingerprint density at radius 3 is 1.43 bits per heavy atom. The fourth-order valence-corrected chi connectivity index (χ4v) is 8.01. The summed E-state index contributed by atoms with van der Waals surface area (Å²) in [4.78, 5) is 31.7. The van der Waals surface area contributed by atoms with Gasteiger partial charge in [0, 0.05) is 12.8 Å². The van der Waals surface area contributed by atoms with Crippen LogP contribution in [0.15, 0.2) is 69.9 Å². The molecule has 304 valence electrons. The van der Waals surface area contributed by atoms with Gasteiger partial charge >= 0.3 is 21.6 Å². The fourth-order valence-electron chi connectivity index (χ4n) is 5.86. The zero-order chi connectivity index (χ0) is 40.2. The number of carbonyl (C=O) groups is 1. The molecular weight excluding hydrogens is 714 g/mol. The first kappa shape index (κ1) is 49.1. The number of phosphoric acid groups is 2. The molecule has 0 amide bonds. The smallest absolute Gasteiger partial charge is 0.463 e. The molecule has 4 unspecified atom stereocenters. The Morgan fingerprint density at radius 1 is 0.604 bits per heavy atom. The Kier molecular flexibility index (Phi) is 23.5. The Labute approximate surface area is 321 Å². The molecule has 0 aromatic rings. The van der Waals surface area contributed by atoms with Gasteiger partial charge in [0.25, 0.3) is 0 Å². The van der Waals surface area contributed by atoms with Crippen molar-refractivity contribution in [3.63, 3.8) is 0 Å². The third-order valence-electron chi connectivity index (χ3n) is 9.76. The molecule has 53 heavy (non-hydrogen) atoms. The standard InChI is InChI=1S/C41H70O10P2/c1-30(2)17-12-18-31(3)19-13-20-32(4)21-14-22-33(5)23-15-24-34(6)25-16-26-35(7)27-28-48-52(43,44)51-53(45,46)50-41-38(10)36(8)37(9)40(49-41)29-47-39(11)42/h17,19,21,23,25,27,36-38,40-41H,12-16,18,20,22,24,26,28-29H2,1-11H3,(H,43,44)(H,45,46)/b31-19+,32-21-,33-23-,34-25-,35-27-/t36-,37-,38?,40?,41+/m0/s1. The summed E-state index contributed by atoms with van der Waals surface area (Å²) < 4.78 is 50.7. The first-order valence-corrected chi connectivity index (χ1v) is 22.1. The van der Waals surface area contributed by atoms with Gasteiger partial charge in [-0.1, -0.05) is 90.7 Å². The number of allylic oxidation sites excluding steroid dienone is 11. The lowest BCUT2D eigenvalue weighted by molar-refractivity contribution is -0.227. The molecule has 0 spiro atoms. The molecule has 1 saturated heterocycles. The molecule has 0 radical (unpaired) electrons. The minimum Gasteiger partial charge on any atom is -0.463 e. The monoisotopic (exact) mass is 784 g/mol. The van der Waals surface area contributed by atoms with Crippen LogP contribution in [0.4, 0.5) is 0 Å². The van der Waals surface area contributed by atoms with Gasteiger partial charge in [-0.2, -0.15) is 4.31 Å². The van der Waals surface area contributed by atoms with Crippen molar-refractivity contribution in [3.05, 3.63) is 69.9 Å². The lowest BCUT2D eigenvalue weighted by atomic mass is 9.79. The second-order valence-corrected chi connectivity index (χ2v) is 18.1. The zero-order valence-electron chi connectivity index (χ0n) is 34.4. The third-order valence-corrected chi connectivity index (χ3v) is 12.4. The van der Waals surface area contributed by atoms with Gasteiger partial charge in [-0.25, -0.2) is 9.13 Å². The van der Waals surface area contributed by atoms with Gasteiger partial charge in [-0.3, -0.25) is 13.8 Å². The highest BCUT2D eigenvalue weighted by Crippen LogP contribution is 2.61. The topological polar surface area (TPSA) is 138 Å². The van der Waals surface area contributed by atoms with E-state index in [1.165, 1.54) is 34.8 Å². The molecule has 0 aromatic carbocycles. The lowest BCUT2D eigenvalue weighted by Gasteiger charge is -2.43. The van der Waals surface area contributed by atoms with Crippen molar-refractivity contribution in [2.24, 2.45) is 17.8 Å². The molecule has 0 saturated carbocycles. The summed E-state index contributed by atoms with van der Waals surface area (Å²) in [7, 11) is -10.0. The molecule has 0 bridgehead atoms. The molecule has 1 aliphatic heterocycles. The van der Waals surface area contributed by atoms with Crippen molar-refractivity contribution in [3.8, 4) is 0 Å². The van der Waals surface area contributed by atoms with E-state index in [2.05, 4.69) is 76.2 Å². The number of rotatable bonds is 24. The van der Waals surface area contributed by atoms with E-state index >= 15 is 0 Å². The molecular formula is C41H70O10P2. The first-order valence-electron chi connectivity index (χ1n) is 19.1. The van der Waals surface area contributed by atoms with E-state index < -0.39 is 34.0 Å². The van der Waals surface area contributed by atoms with Gasteiger partial charge in [0.15, 0.2) is 6.29 Å². The quantitative estimate of drug-likeness (QED) is 0.0552. The highest BCUT2D eigenvalue weighted by molar-refractivity contribution is 7.61. The lowest BCUT2D eigenvalue weighted by Crippen LogP contribution is -2.47. The van der Waals surface area contributed by atoms with Crippen LogP contribution in [0.3, 0.4) is 0 Å². The predicted octanol–water partition coefficient (Wildman–Crippen LogP) is 12.0. The summed E-state index contributed by atoms with van der Waals surface area (Å²) in [5.41, 5.74) is 7.98. The number of phosphoric ester groups is 2. The van der Waals surface area contributed by atoms with E-state index in [1.54, 1.807) is 13.0 Å². The van der Waals surface area contributed by atoms with Crippen LogP contribution >= 0.6 is 15.6 Å². The summed E-state index contributed by atoms with van der Waals surface area (Å²) in [5.74, 6) is -0.922. The summed E-state index contributed by atoms with van der Waals surface area (Å²) in [6.45, 7) is 21.5. The largest absolute Gasteiger partial charge is 0.483 e.